The Kier molecular flexibility index (Phi) is 3.95. The van der Waals surface area contributed by atoms with Crippen LogP contribution in [0.4, 0.5) is 8.78 Å². The van der Waals surface area contributed by atoms with Gasteiger partial charge in [0.15, 0.2) is 0 Å². The van der Waals surface area contributed by atoms with Crippen LogP contribution in [0.1, 0.15) is 29.9 Å². The molecule has 1 aromatic heterocycles. The van der Waals surface area contributed by atoms with Gasteiger partial charge >= 0.3 is 0 Å². The summed E-state index contributed by atoms with van der Waals surface area (Å²) in [7, 11) is 1.68. The fourth-order valence-corrected chi connectivity index (χ4v) is 2.28. The fourth-order valence-electron chi connectivity index (χ4n) is 2.28. The van der Waals surface area contributed by atoms with Crippen molar-refractivity contribution in [2.75, 3.05) is 7.05 Å². The van der Waals surface area contributed by atoms with Gasteiger partial charge in [0.1, 0.15) is 11.6 Å². The van der Waals surface area contributed by atoms with E-state index in [9.17, 15) is 8.78 Å². The highest BCUT2D eigenvalue weighted by molar-refractivity contribution is 5.31. The third-order valence-electron chi connectivity index (χ3n) is 3.11. The SMILES string of the molecule is CCn1nc(C)cc1C(NC)c1c(F)cccc1F. The molecule has 1 aromatic carbocycles. The topological polar surface area (TPSA) is 29.9 Å². The summed E-state index contributed by atoms with van der Waals surface area (Å²) in [6.07, 6.45) is 0. The van der Waals surface area contributed by atoms with Crippen molar-refractivity contribution in [2.45, 2.75) is 26.4 Å². The van der Waals surface area contributed by atoms with Crippen LogP contribution in [0.2, 0.25) is 0 Å². The summed E-state index contributed by atoms with van der Waals surface area (Å²) in [6.45, 7) is 4.46. The van der Waals surface area contributed by atoms with Crippen molar-refractivity contribution in [3.05, 3.63) is 52.9 Å². The number of halogens is 2. The van der Waals surface area contributed by atoms with Crippen LogP contribution in [-0.4, -0.2) is 16.8 Å². The smallest absolute Gasteiger partial charge is 0.131 e. The van der Waals surface area contributed by atoms with Crippen molar-refractivity contribution in [1.82, 2.24) is 15.1 Å². The molecule has 0 aliphatic heterocycles. The van der Waals surface area contributed by atoms with Crippen molar-refractivity contribution in [3.8, 4) is 0 Å². The zero-order chi connectivity index (χ0) is 14.0. The van der Waals surface area contributed by atoms with Crippen LogP contribution in [0.25, 0.3) is 0 Å². The molecule has 0 aliphatic carbocycles. The maximum Gasteiger partial charge on any atom is 0.131 e. The molecule has 2 aromatic rings. The van der Waals surface area contributed by atoms with E-state index >= 15 is 0 Å². The van der Waals surface area contributed by atoms with E-state index in [2.05, 4.69) is 10.4 Å². The first-order valence-corrected chi connectivity index (χ1v) is 6.24. The zero-order valence-electron chi connectivity index (χ0n) is 11.2. The monoisotopic (exact) mass is 265 g/mol. The summed E-state index contributed by atoms with van der Waals surface area (Å²) in [5.74, 6) is -1.11. The summed E-state index contributed by atoms with van der Waals surface area (Å²) >= 11 is 0. The van der Waals surface area contributed by atoms with E-state index in [4.69, 9.17) is 0 Å². The number of nitrogens with one attached hydrogen (secondary N) is 1. The third kappa shape index (κ3) is 2.51. The zero-order valence-corrected chi connectivity index (χ0v) is 11.2. The van der Waals surface area contributed by atoms with Gasteiger partial charge in [0.2, 0.25) is 0 Å². The summed E-state index contributed by atoms with van der Waals surface area (Å²) in [6, 6.07) is 5.19. The quantitative estimate of drug-likeness (QED) is 0.921. The molecular formula is C14H17F2N3. The Balaban J connectivity index is 2.56. The van der Waals surface area contributed by atoms with Crippen LogP contribution in [0.3, 0.4) is 0 Å². The maximum atomic E-state index is 13.9. The fraction of sp³-hybridized carbons (Fsp3) is 0.357. The van der Waals surface area contributed by atoms with Crippen LogP contribution in [0.15, 0.2) is 24.3 Å². The number of aromatic nitrogens is 2. The molecule has 0 amide bonds. The highest BCUT2D eigenvalue weighted by Crippen LogP contribution is 2.27. The van der Waals surface area contributed by atoms with Gasteiger partial charge in [-0.3, -0.25) is 4.68 Å². The molecule has 0 bridgehead atoms. The minimum Gasteiger partial charge on any atom is -0.308 e. The van der Waals surface area contributed by atoms with E-state index in [1.165, 1.54) is 18.2 Å². The van der Waals surface area contributed by atoms with Gasteiger partial charge < -0.3 is 5.32 Å². The van der Waals surface area contributed by atoms with Crippen LogP contribution in [-0.2, 0) is 6.54 Å². The van der Waals surface area contributed by atoms with Gasteiger partial charge in [-0.25, -0.2) is 8.78 Å². The lowest BCUT2D eigenvalue weighted by molar-refractivity contribution is 0.496. The maximum absolute atomic E-state index is 13.9. The van der Waals surface area contributed by atoms with Gasteiger partial charge in [-0.15, -0.1) is 0 Å². The summed E-state index contributed by atoms with van der Waals surface area (Å²) < 4.78 is 29.6. The summed E-state index contributed by atoms with van der Waals surface area (Å²) in [4.78, 5) is 0. The minimum absolute atomic E-state index is 0.0274. The predicted molar refractivity (Wildman–Crippen MR) is 69.9 cm³/mol. The van der Waals surface area contributed by atoms with Gasteiger partial charge in [0.05, 0.1) is 17.4 Å². The average molecular weight is 265 g/mol. The van der Waals surface area contributed by atoms with E-state index < -0.39 is 17.7 Å². The molecule has 0 spiro atoms. The number of hydrogen-bond donors (Lipinski definition) is 1. The van der Waals surface area contributed by atoms with Gasteiger partial charge in [-0.05, 0) is 39.1 Å². The molecule has 2 rings (SSSR count). The molecular weight excluding hydrogens is 248 g/mol. The molecule has 0 fully saturated rings. The van der Waals surface area contributed by atoms with Crippen molar-refractivity contribution in [1.29, 1.82) is 0 Å². The Hall–Kier alpha value is -1.75. The Labute approximate surface area is 111 Å². The first-order valence-electron chi connectivity index (χ1n) is 6.24. The molecule has 0 saturated heterocycles. The second-order valence-electron chi connectivity index (χ2n) is 4.38. The van der Waals surface area contributed by atoms with Gasteiger partial charge in [0, 0.05) is 12.1 Å². The lowest BCUT2D eigenvalue weighted by atomic mass is 10.0. The Morgan fingerprint density at radius 1 is 1.32 bits per heavy atom. The molecule has 19 heavy (non-hydrogen) atoms. The van der Waals surface area contributed by atoms with Crippen LogP contribution in [0, 0.1) is 18.6 Å². The van der Waals surface area contributed by atoms with E-state index in [0.717, 1.165) is 11.4 Å². The van der Waals surface area contributed by atoms with Crippen molar-refractivity contribution < 1.29 is 8.78 Å². The number of rotatable bonds is 4. The second-order valence-corrected chi connectivity index (χ2v) is 4.38. The summed E-state index contributed by atoms with van der Waals surface area (Å²) in [5.41, 5.74) is 1.61. The van der Waals surface area contributed by atoms with Gasteiger partial charge in [-0.2, -0.15) is 5.10 Å². The molecule has 1 atom stereocenters. The highest BCUT2D eigenvalue weighted by Gasteiger charge is 2.23. The van der Waals surface area contributed by atoms with E-state index in [0.29, 0.717) is 6.54 Å². The number of benzene rings is 1. The van der Waals surface area contributed by atoms with E-state index in [-0.39, 0.29) is 5.56 Å². The molecule has 1 N–H and O–H groups in total. The number of hydrogen-bond acceptors (Lipinski definition) is 2. The highest BCUT2D eigenvalue weighted by atomic mass is 19.1. The number of aryl methyl sites for hydroxylation is 2. The van der Waals surface area contributed by atoms with Crippen LogP contribution >= 0.6 is 0 Å². The molecule has 1 heterocycles. The average Bonchev–Trinajstić information content (AvgIpc) is 2.75. The Morgan fingerprint density at radius 2 is 1.95 bits per heavy atom. The van der Waals surface area contributed by atoms with Crippen molar-refractivity contribution >= 4 is 0 Å². The lowest BCUT2D eigenvalue weighted by Crippen LogP contribution is -2.23. The lowest BCUT2D eigenvalue weighted by Gasteiger charge is -2.19. The molecule has 0 aliphatic rings. The van der Waals surface area contributed by atoms with E-state index in [1.54, 1.807) is 11.7 Å². The number of nitrogens with zero attached hydrogens (tertiary/aromatic N) is 2. The molecule has 3 nitrogen and oxygen atoms in total. The molecule has 0 radical (unpaired) electrons. The predicted octanol–water partition coefficient (Wildman–Crippen LogP) is 2.80. The standard InChI is InChI=1S/C14H17F2N3/c1-4-19-12(8-9(2)18-19)14(17-3)13-10(15)6-5-7-11(13)16/h5-8,14,17H,4H2,1-3H3. The van der Waals surface area contributed by atoms with E-state index in [1.807, 2.05) is 19.9 Å². The largest absolute Gasteiger partial charge is 0.308 e. The summed E-state index contributed by atoms with van der Waals surface area (Å²) in [5, 5.41) is 7.28. The normalized spacial score (nSPS) is 12.7. The Bertz CT molecular complexity index is 558. The molecule has 5 heteroatoms. The van der Waals surface area contributed by atoms with Gasteiger partial charge in [0.25, 0.3) is 0 Å². The first-order chi connectivity index (χ1) is 9.08. The van der Waals surface area contributed by atoms with Crippen LogP contribution in [0.5, 0.6) is 0 Å². The molecule has 1 unspecified atom stereocenters. The van der Waals surface area contributed by atoms with Crippen molar-refractivity contribution in [3.63, 3.8) is 0 Å². The minimum atomic E-state index is -0.555. The van der Waals surface area contributed by atoms with Crippen LogP contribution < -0.4 is 5.32 Å². The molecule has 0 saturated carbocycles. The Morgan fingerprint density at radius 3 is 2.47 bits per heavy atom. The third-order valence-corrected chi connectivity index (χ3v) is 3.11. The first kappa shape index (κ1) is 13.7. The van der Waals surface area contributed by atoms with Crippen molar-refractivity contribution in [2.24, 2.45) is 0 Å². The second kappa shape index (κ2) is 5.48. The molecule has 102 valence electrons. The van der Waals surface area contributed by atoms with Gasteiger partial charge in [-0.1, -0.05) is 6.07 Å².